The highest BCUT2D eigenvalue weighted by Crippen LogP contribution is 2.06. The Morgan fingerprint density at radius 2 is 2.38 bits per heavy atom. The first-order valence-corrected chi connectivity index (χ1v) is 5.41. The lowest BCUT2D eigenvalue weighted by Gasteiger charge is -2.18. The highest BCUT2D eigenvalue weighted by molar-refractivity contribution is 5.67. The molecule has 16 heavy (non-hydrogen) atoms. The van der Waals surface area contributed by atoms with Gasteiger partial charge in [-0.1, -0.05) is 0 Å². The van der Waals surface area contributed by atoms with Gasteiger partial charge in [0.2, 0.25) is 0 Å². The number of nitrogens with one attached hydrogen (secondary N) is 1. The molecule has 1 rings (SSSR count). The van der Waals surface area contributed by atoms with Crippen LogP contribution in [0.1, 0.15) is 6.42 Å². The van der Waals surface area contributed by atoms with Crippen LogP contribution in [-0.4, -0.2) is 68.7 Å². The summed E-state index contributed by atoms with van der Waals surface area (Å²) in [6.45, 7) is 1.87. The second-order valence-corrected chi connectivity index (χ2v) is 3.99. The van der Waals surface area contributed by atoms with Crippen molar-refractivity contribution in [2.75, 3.05) is 40.5 Å². The van der Waals surface area contributed by atoms with Crippen LogP contribution in [-0.2, 0) is 9.47 Å². The molecule has 0 bridgehead atoms. The molecule has 6 heteroatoms. The van der Waals surface area contributed by atoms with Crippen molar-refractivity contribution in [1.29, 1.82) is 0 Å². The van der Waals surface area contributed by atoms with Crippen LogP contribution in [0.3, 0.4) is 0 Å². The maximum Gasteiger partial charge on any atom is 0.409 e. The number of rotatable bonds is 5. The van der Waals surface area contributed by atoms with E-state index in [0.29, 0.717) is 32.7 Å². The first-order chi connectivity index (χ1) is 7.63. The van der Waals surface area contributed by atoms with E-state index in [1.54, 1.807) is 14.2 Å². The average Bonchev–Trinajstić information content (AvgIpc) is 2.68. The standard InChI is InChI=1S/C10H20N2O4/c1-12(3-4-15-2)10(14)16-7-8-5-9(13)6-11-8/h8-9,11,13H,3-7H2,1-2H3. The molecule has 2 N–H and O–H groups in total. The van der Waals surface area contributed by atoms with Gasteiger partial charge in [-0.3, -0.25) is 0 Å². The molecular formula is C10H20N2O4. The third-order valence-corrected chi connectivity index (χ3v) is 2.55. The van der Waals surface area contributed by atoms with Gasteiger partial charge in [-0.25, -0.2) is 4.79 Å². The molecule has 0 saturated carbocycles. The average molecular weight is 232 g/mol. The zero-order chi connectivity index (χ0) is 12.0. The smallest absolute Gasteiger partial charge is 0.409 e. The summed E-state index contributed by atoms with van der Waals surface area (Å²) in [4.78, 5) is 12.9. The molecular weight excluding hydrogens is 212 g/mol. The van der Waals surface area contributed by atoms with Gasteiger partial charge in [0.15, 0.2) is 0 Å². The van der Waals surface area contributed by atoms with Gasteiger partial charge < -0.3 is 24.8 Å². The van der Waals surface area contributed by atoms with E-state index < -0.39 is 0 Å². The summed E-state index contributed by atoms with van der Waals surface area (Å²) in [6.07, 6.45) is -0.0510. The zero-order valence-corrected chi connectivity index (χ0v) is 9.81. The van der Waals surface area contributed by atoms with E-state index in [4.69, 9.17) is 9.47 Å². The molecule has 1 fully saturated rings. The fourth-order valence-corrected chi connectivity index (χ4v) is 1.53. The molecule has 0 aliphatic carbocycles. The van der Waals surface area contributed by atoms with Crippen molar-refractivity contribution in [3.63, 3.8) is 0 Å². The topological polar surface area (TPSA) is 71.0 Å². The predicted molar refractivity (Wildman–Crippen MR) is 58.3 cm³/mol. The van der Waals surface area contributed by atoms with Crippen LogP contribution >= 0.6 is 0 Å². The first-order valence-electron chi connectivity index (χ1n) is 5.41. The number of carbonyl (C=O) groups excluding carboxylic acids is 1. The van der Waals surface area contributed by atoms with E-state index in [-0.39, 0.29) is 18.2 Å². The van der Waals surface area contributed by atoms with Crippen LogP contribution in [0.5, 0.6) is 0 Å². The minimum absolute atomic E-state index is 0.0646. The molecule has 1 aliphatic rings. The fourth-order valence-electron chi connectivity index (χ4n) is 1.53. The van der Waals surface area contributed by atoms with Gasteiger partial charge >= 0.3 is 6.09 Å². The van der Waals surface area contributed by atoms with Crippen molar-refractivity contribution in [1.82, 2.24) is 10.2 Å². The van der Waals surface area contributed by atoms with Crippen molar-refractivity contribution in [3.05, 3.63) is 0 Å². The van der Waals surface area contributed by atoms with Gasteiger partial charge in [-0.2, -0.15) is 0 Å². The Morgan fingerprint density at radius 1 is 1.62 bits per heavy atom. The molecule has 1 aliphatic heterocycles. The second kappa shape index (κ2) is 6.67. The number of nitrogens with zero attached hydrogens (tertiary/aromatic N) is 1. The Hall–Kier alpha value is -0.850. The Balaban J connectivity index is 2.14. The van der Waals surface area contributed by atoms with Gasteiger partial charge in [0, 0.05) is 33.3 Å². The number of methoxy groups -OCH3 is 1. The molecule has 1 amide bonds. The molecule has 0 radical (unpaired) electrons. The highest BCUT2D eigenvalue weighted by Gasteiger charge is 2.23. The van der Waals surface area contributed by atoms with Gasteiger partial charge in [0.05, 0.1) is 12.7 Å². The van der Waals surface area contributed by atoms with Crippen LogP contribution in [0, 0.1) is 0 Å². The Bertz CT molecular complexity index is 225. The molecule has 0 spiro atoms. The Morgan fingerprint density at radius 3 is 2.94 bits per heavy atom. The number of carbonyl (C=O) groups is 1. The normalized spacial score (nSPS) is 24.4. The van der Waals surface area contributed by atoms with Crippen LogP contribution in [0.25, 0.3) is 0 Å². The quantitative estimate of drug-likeness (QED) is 0.664. The van der Waals surface area contributed by atoms with Gasteiger partial charge in [-0.05, 0) is 6.42 Å². The molecule has 1 saturated heterocycles. The zero-order valence-electron chi connectivity index (χ0n) is 9.81. The van der Waals surface area contributed by atoms with E-state index in [1.165, 1.54) is 4.90 Å². The minimum atomic E-state index is -0.361. The number of ether oxygens (including phenoxy) is 2. The van der Waals surface area contributed by atoms with Crippen LogP contribution in [0.2, 0.25) is 0 Å². The maximum atomic E-state index is 11.4. The molecule has 6 nitrogen and oxygen atoms in total. The lowest BCUT2D eigenvalue weighted by molar-refractivity contribution is 0.0892. The van der Waals surface area contributed by atoms with Crippen molar-refractivity contribution >= 4 is 6.09 Å². The summed E-state index contributed by atoms with van der Waals surface area (Å²) in [7, 11) is 3.25. The second-order valence-electron chi connectivity index (χ2n) is 3.99. The number of hydrogen-bond donors (Lipinski definition) is 2. The third-order valence-electron chi connectivity index (χ3n) is 2.55. The summed E-state index contributed by atoms with van der Waals surface area (Å²) in [5.74, 6) is 0. The van der Waals surface area contributed by atoms with Crippen molar-refractivity contribution in [2.24, 2.45) is 0 Å². The summed E-state index contributed by atoms with van der Waals surface area (Å²) >= 11 is 0. The lowest BCUT2D eigenvalue weighted by Crippen LogP contribution is -2.34. The summed E-state index contributed by atoms with van der Waals surface area (Å²) < 4.78 is 9.95. The summed E-state index contributed by atoms with van der Waals surface area (Å²) in [5.41, 5.74) is 0. The van der Waals surface area contributed by atoms with Crippen LogP contribution < -0.4 is 5.32 Å². The minimum Gasteiger partial charge on any atom is -0.448 e. The van der Waals surface area contributed by atoms with Gasteiger partial charge in [-0.15, -0.1) is 0 Å². The SMILES string of the molecule is COCCN(C)C(=O)OCC1CC(O)CN1. The van der Waals surface area contributed by atoms with Gasteiger partial charge in [0.1, 0.15) is 6.61 Å². The van der Waals surface area contributed by atoms with Crippen molar-refractivity contribution in [2.45, 2.75) is 18.6 Å². The van der Waals surface area contributed by atoms with Crippen molar-refractivity contribution in [3.8, 4) is 0 Å². The number of aliphatic hydroxyl groups is 1. The third kappa shape index (κ3) is 4.34. The van der Waals surface area contributed by atoms with Crippen molar-refractivity contribution < 1.29 is 19.4 Å². The van der Waals surface area contributed by atoms with E-state index in [0.717, 1.165) is 0 Å². The van der Waals surface area contributed by atoms with Gasteiger partial charge in [0.25, 0.3) is 0 Å². The number of aliphatic hydroxyl groups excluding tert-OH is 1. The van der Waals surface area contributed by atoms with E-state index in [9.17, 15) is 9.90 Å². The molecule has 0 aromatic heterocycles. The molecule has 2 unspecified atom stereocenters. The highest BCUT2D eigenvalue weighted by atomic mass is 16.6. The molecule has 0 aromatic rings. The largest absolute Gasteiger partial charge is 0.448 e. The number of amides is 1. The summed E-state index contributed by atoms with van der Waals surface area (Å²) in [5, 5.41) is 12.3. The number of likely N-dealkylation sites (N-methyl/N-ethyl adjacent to an activating group) is 1. The molecule has 2 atom stereocenters. The molecule has 0 aromatic carbocycles. The molecule has 94 valence electrons. The van der Waals surface area contributed by atoms with Crippen LogP contribution in [0.4, 0.5) is 4.79 Å². The Labute approximate surface area is 95.5 Å². The van der Waals surface area contributed by atoms with E-state index >= 15 is 0 Å². The number of hydrogen-bond acceptors (Lipinski definition) is 5. The summed E-state index contributed by atoms with van der Waals surface area (Å²) in [6, 6.07) is 0.0646. The lowest BCUT2D eigenvalue weighted by atomic mass is 10.2. The first kappa shape index (κ1) is 13.2. The maximum absolute atomic E-state index is 11.4. The fraction of sp³-hybridized carbons (Fsp3) is 0.900. The van der Waals surface area contributed by atoms with E-state index in [2.05, 4.69) is 5.32 Å². The van der Waals surface area contributed by atoms with E-state index in [1.807, 2.05) is 0 Å². The molecule has 1 heterocycles. The number of β-amino-alcohol motifs (C(OH)–C–C–N with tert-alkyl or cyclic N) is 1. The van der Waals surface area contributed by atoms with Crippen LogP contribution in [0.15, 0.2) is 0 Å². The predicted octanol–water partition coefficient (Wildman–Crippen LogP) is -0.576. The Kier molecular flexibility index (Phi) is 5.51. The monoisotopic (exact) mass is 232 g/mol.